The molecular weight excluding hydrogens is 289 g/mol. The van der Waals surface area contributed by atoms with Gasteiger partial charge in [0.2, 0.25) is 0 Å². The molecule has 0 unspecified atom stereocenters. The fraction of sp³-hybridized carbons (Fsp3) is 0.538. The summed E-state index contributed by atoms with van der Waals surface area (Å²) in [7, 11) is -1.37. The number of sulfone groups is 1. The molecule has 0 saturated heterocycles. The lowest BCUT2D eigenvalue weighted by Gasteiger charge is -2.28. The third-order valence-electron chi connectivity index (χ3n) is 3.10. The fourth-order valence-corrected chi connectivity index (χ4v) is 2.41. The van der Waals surface area contributed by atoms with E-state index in [0.29, 0.717) is 23.7 Å². The van der Waals surface area contributed by atoms with E-state index in [4.69, 9.17) is 11.6 Å². The minimum atomic E-state index is -3.16. The number of rotatable bonds is 5. The molecule has 0 fully saturated rings. The molecule has 0 N–H and O–H groups in total. The average molecular weight is 308 g/mol. The topological polar surface area (TPSA) is 37.4 Å². The third-order valence-corrected chi connectivity index (χ3v) is 5.61. The second-order valence-electron chi connectivity index (χ2n) is 5.44. The van der Waals surface area contributed by atoms with E-state index in [1.54, 1.807) is 20.9 Å². The molecule has 0 amide bonds. The van der Waals surface area contributed by atoms with Crippen molar-refractivity contribution in [2.24, 2.45) is 0 Å². The molecule has 0 heterocycles. The number of hydrogen-bond donors (Lipinski definition) is 0. The van der Waals surface area contributed by atoms with Crippen molar-refractivity contribution in [2.45, 2.75) is 25.1 Å². The minimum absolute atomic E-state index is 0.346. The van der Waals surface area contributed by atoms with Gasteiger partial charge in [0.15, 0.2) is 9.84 Å². The van der Waals surface area contributed by atoms with Crippen molar-refractivity contribution in [1.29, 1.82) is 0 Å². The highest BCUT2D eigenvalue weighted by Crippen LogP contribution is 2.21. The van der Waals surface area contributed by atoms with Crippen LogP contribution in [0.5, 0.6) is 0 Å². The Kier molecular flexibility index (Phi) is 4.98. The zero-order valence-electron chi connectivity index (χ0n) is 11.6. The molecule has 19 heavy (non-hydrogen) atoms. The molecule has 0 bridgehead atoms. The Bertz CT molecular complexity index is 558. The third kappa shape index (κ3) is 4.44. The monoisotopic (exact) mass is 307 g/mol. The van der Waals surface area contributed by atoms with E-state index in [1.165, 1.54) is 24.5 Å². The predicted molar refractivity (Wildman–Crippen MR) is 76.7 cm³/mol. The second kappa shape index (κ2) is 5.77. The number of benzene rings is 1. The maximum absolute atomic E-state index is 13.2. The Morgan fingerprint density at radius 2 is 1.95 bits per heavy atom. The summed E-state index contributed by atoms with van der Waals surface area (Å²) in [5.41, 5.74) is 0.647. The van der Waals surface area contributed by atoms with E-state index >= 15 is 0 Å². The zero-order valence-corrected chi connectivity index (χ0v) is 13.1. The van der Waals surface area contributed by atoms with Crippen LogP contribution in [0.2, 0.25) is 5.02 Å². The van der Waals surface area contributed by atoms with Gasteiger partial charge in [0.05, 0.1) is 4.75 Å². The summed E-state index contributed by atoms with van der Waals surface area (Å²) in [6.07, 6.45) is 1.22. The molecule has 6 heteroatoms. The van der Waals surface area contributed by atoms with Gasteiger partial charge in [-0.25, -0.2) is 12.8 Å². The van der Waals surface area contributed by atoms with E-state index < -0.39 is 14.6 Å². The van der Waals surface area contributed by atoms with E-state index in [2.05, 4.69) is 0 Å². The Morgan fingerprint density at radius 1 is 1.37 bits per heavy atom. The van der Waals surface area contributed by atoms with Crippen LogP contribution < -0.4 is 0 Å². The first kappa shape index (κ1) is 16.4. The van der Waals surface area contributed by atoms with E-state index in [9.17, 15) is 12.8 Å². The first-order valence-electron chi connectivity index (χ1n) is 5.85. The van der Waals surface area contributed by atoms with E-state index in [1.807, 2.05) is 4.90 Å². The van der Waals surface area contributed by atoms with Crippen LogP contribution in [0, 0.1) is 5.82 Å². The van der Waals surface area contributed by atoms with Crippen LogP contribution >= 0.6 is 11.6 Å². The maximum Gasteiger partial charge on any atom is 0.153 e. The summed E-state index contributed by atoms with van der Waals surface area (Å²) in [5.74, 6) is -0.352. The maximum atomic E-state index is 13.2. The summed E-state index contributed by atoms with van der Waals surface area (Å²) >= 11 is 5.99. The van der Waals surface area contributed by atoms with Crippen LogP contribution in [0.3, 0.4) is 0 Å². The van der Waals surface area contributed by atoms with Crippen molar-refractivity contribution in [3.05, 3.63) is 34.6 Å². The Balaban J connectivity index is 2.81. The Morgan fingerprint density at radius 3 is 2.47 bits per heavy atom. The molecule has 1 aromatic carbocycles. The van der Waals surface area contributed by atoms with E-state index in [0.717, 1.165) is 0 Å². The molecule has 108 valence electrons. The summed E-state index contributed by atoms with van der Waals surface area (Å²) in [4.78, 5) is 1.82. The average Bonchev–Trinajstić information content (AvgIpc) is 2.21. The van der Waals surface area contributed by atoms with Crippen molar-refractivity contribution in [2.75, 3.05) is 19.8 Å². The lowest BCUT2D eigenvalue weighted by Crippen LogP contribution is -2.42. The molecule has 0 aliphatic carbocycles. The molecule has 0 aromatic heterocycles. The van der Waals surface area contributed by atoms with Gasteiger partial charge < -0.3 is 4.90 Å². The SMILES string of the molecule is CN(Cc1cc(F)ccc1Cl)CC(C)(C)S(C)(=O)=O. The molecule has 1 rings (SSSR count). The molecular formula is C13H19ClFNO2S. The van der Waals surface area contributed by atoms with Crippen LogP contribution in [-0.2, 0) is 16.4 Å². The summed E-state index contributed by atoms with van der Waals surface area (Å²) < 4.78 is 35.6. The quantitative estimate of drug-likeness (QED) is 0.839. The highest BCUT2D eigenvalue weighted by atomic mass is 35.5. The number of halogens is 2. The van der Waals surface area contributed by atoms with Gasteiger partial charge in [0.25, 0.3) is 0 Å². The van der Waals surface area contributed by atoms with Crippen LogP contribution in [0.15, 0.2) is 18.2 Å². The van der Waals surface area contributed by atoms with Crippen molar-refractivity contribution in [3.8, 4) is 0 Å². The van der Waals surface area contributed by atoms with Gasteiger partial charge in [-0.2, -0.15) is 0 Å². The van der Waals surface area contributed by atoms with Gasteiger partial charge in [-0.1, -0.05) is 11.6 Å². The number of nitrogens with zero attached hydrogens (tertiary/aromatic N) is 1. The van der Waals surface area contributed by atoms with Crippen molar-refractivity contribution in [3.63, 3.8) is 0 Å². The number of hydrogen-bond acceptors (Lipinski definition) is 3. The van der Waals surface area contributed by atoms with E-state index in [-0.39, 0.29) is 5.82 Å². The second-order valence-corrected chi connectivity index (χ2v) is 8.50. The molecule has 0 radical (unpaired) electrons. The normalized spacial score (nSPS) is 13.0. The predicted octanol–water partition coefficient (Wildman–Crippen LogP) is 2.73. The first-order valence-corrected chi connectivity index (χ1v) is 8.12. The molecule has 3 nitrogen and oxygen atoms in total. The van der Waals surface area contributed by atoms with Crippen LogP contribution in [-0.4, -0.2) is 37.9 Å². The summed E-state index contributed by atoms with van der Waals surface area (Å²) in [5, 5.41) is 0.477. The van der Waals surface area contributed by atoms with Gasteiger partial charge in [-0.3, -0.25) is 0 Å². The lowest BCUT2D eigenvalue weighted by atomic mass is 10.1. The van der Waals surface area contributed by atoms with Crippen LogP contribution in [0.4, 0.5) is 4.39 Å². The smallest absolute Gasteiger partial charge is 0.153 e. The summed E-state index contributed by atoms with van der Waals surface area (Å²) in [6, 6.07) is 4.17. The molecule has 1 aromatic rings. The molecule has 0 aliphatic rings. The van der Waals surface area contributed by atoms with Gasteiger partial charge >= 0.3 is 0 Å². The fourth-order valence-electron chi connectivity index (χ4n) is 1.78. The largest absolute Gasteiger partial charge is 0.301 e. The van der Waals surface area contributed by atoms with Gasteiger partial charge in [-0.15, -0.1) is 0 Å². The van der Waals surface area contributed by atoms with Gasteiger partial charge in [0.1, 0.15) is 5.82 Å². The molecule has 0 spiro atoms. The first-order chi connectivity index (χ1) is 8.53. The van der Waals surface area contributed by atoms with Crippen LogP contribution in [0.25, 0.3) is 0 Å². The van der Waals surface area contributed by atoms with Crippen molar-refractivity contribution in [1.82, 2.24) is 4.90 Å². The Labute approximate surface area is 119 Å². The molecule has 0 atom stereocenters. The van der Waals surface area contributed by atoms with Crippen LogP contribution in [0.1, 0.15) is 19.4 Å². The van der Waals surface area contributed by atoms with Gasteiger partial charge in [0, 0.05) is 24.4 Å². The zero-order chi connectivity index (χ0) is 14.8. The molecule has 0 saturated carbocycles. The van der Waals surface area contributed by atoms with Crippen molar-refractivity contribution >= 4 is 21.4 Å². The van der Waals surface area contributed by atoms with Crippen molar-refractivity contribution < 1.29 is 12.8 Å². The standard InChI is InChI=1S/C13H19ClFNO2S/c1-13(2,19(4,17)18)9-16(3)8-10-7-11(15)5-6-12(10)14/h5-7H,8-9H2,1-4H3. The summed E-state index contributed by atoms with van der Waals surface area (Å²) in [6.45, 7) is 4.09. The lowest BCUT2D eigenvalue weighted by molar-refractivity contribution is 0.296. The highest BCUT2D eigenvalue weighted by molar-refractivity contribution is 7.92. The van der Waals surface area contributed by atoms with Gasteiger partial charge in [-0.05, 0) is 44.7 Å². The highest BCUT2D eigenvalue weighted by Gasteiger charge is 2.31. The molecule has 0 aliphatic heterocycles. The minimum Gasteiger partial charge on any atom is -0.301 e. The Hall–Kier alpha value is -0.650.